The Bertz CT molecular complexity index is 780. The summed E-state index contributed by atoms with van der Waals surface area (Å²) in [5, 5.41) is 3.40. The van der Waals surface area contributed by atoms with Crippen LogP contribution in [0.2, 0.25) is 0 Å². The fraction of sp³-hybridized carbons (Fsp3) is 0.565. The van der Waals surface area contributed by atoms with Gasteiger partial charge in [0.15, 0.2) is 5.96 Å². The molecule has 1 unspecified atom stereocenters. The third-order valence-electron chi connectivity index (χ3n) is 5.04. The van der Waals surface area contributed by atoms with Crippen LogP contribution in [0.3, 0.4) is 0 Å². The van der Waals surface area contributed by atoms with Gasteiger partial charge in [0.05, 0.1) is 19.4 Å². The van der Waals surface area contributed by atoms with E-state index in [4.69, 9.17) is 14.1 Å². The fourth-order valence-corrected chi connectivity index (χ4v) is 3.38. The molecule has 1 aliphatic heterocycles. The minimum Gasteiger partial charge on any atom is -0.443 e. The van der Waals surface area contributed by atoms with E-state index in [1.807, 2.05) is 24.4 Å². The van der Waals surface area contributed by atoms with E-state index in [0.29, 0.717) is 25.0 Å². The zero-order valence-corrected chi connectivity index (χ0v) is 18.1. The summed E-state index contributed by atoms with van der Waals surface area (Å²) in [7, 11) is 0. The Balaban J connectivity index is 1.51. The molecule has 1 aliphatic rings. The average molecular weight is 399 g/mol. The third kappa shape index (κ3) is 6.32. The number of rotatable bonds is 7. The second kappa shape index (κ2) is 9.92. The number of guanidine groups is 1. The zero-order valence-electron chi connectivity index (χ0n) is 18.1. The molecule has 2 aromatic rings. The highest BCUT2D eigenvalue weighted by Gasteiger charge is 2.25. The molecule has 1 atom stereocenters. The van der Waals surface area contributed by atoms with Crippen LogP contribution in [-0.4, -0.2) is 42.1 Å². The zero-order chi connectivity index (χ0) is 20.7. The number of hydrogen-bond donors (Lipinski definition) is 1. The van der Waals surface area contributed by atoms with Gasteiger partial charge in [-0.2, -0.15) is 0 Å². The van der Waals surface area contributed by atoms with Crippen molar-refractivity contribution in [3.8, 4) is 0 Å². The maximum absolute atomic E-state index is 5.94. The lowest BCUT2D eigenvalue weighted by Gasteiger charge is -2.21. The van der Waals surface area contributed by atoms with Crippen molar-refractivity contribution in [2.24, 2.45) is 10.9 Å². The van der Waals surface area contributed by atoms with Crippen LogP contribution >= 0.6 is 0 Å². The van der Waals surface area contributed by atoms with Gasteiger partial charge in [0, 0.05) is 31.0 Å². The van der Waals surface area contributed by atoms with Gasteiger partial charge in [-0.15, -0.1) is 0 Å². The average Bonchev–Trinajstić information content (AvgIpc) is 3.36. The van der Waals surface area contributed by atoms with Crippen LogP contribution in [0.25, 0.3) is 0 Å². The maximum Gasteiger partial charge on any atom is 0.216 e. The molecule has 1 fully saturated rings. The van der Waals surface area contributed by atoms with Crippen molar-refractivity contribution < 1.29 is 9.15 Å². The number of nitrogens with one attached hydrogen (secondary N) is 1. The molecule has 3 rings (SSSR count). The first-order chi connectivity index (χ1) is 14.0. The van der Waals surface area contributed by atoms with Crippen LogP contribution in [0.1, 0.15) is 51.3 Å². The number of nitrogens with zero attached hydrogens (tertiary/aromatic N) is 3. The van der Waals surface area contributed by atoms with E-state index in [2.05, 4.69) is 55.0 Å². The fourth-order valence-electron chi connectivity index (χ4n) is 3.38. The van der Waals surface area contributed by atoms with Gasteiger partial charge in [0.2, 0.25) is 5.89 Å². The first-order valence-corrected chi connectivity index (χ1v) is 10.6. The van der Waals surface area contributed by atoms with Crippen molar-refractivity contribution in [1.82, 2.24) is 15.2 Å². The Hall–Kier alpha value is -2.34. The van der Waals surface area contributed by atoms with E-state index in [0.717, 1.165) is 44.4 Å². The molecule has 0 saturated carbocycles. The normalized spacial score (nSPS) is 17.7. The molecule has 0 amide bonds. The highest BCUT2D eigenvalue weighted by atomic mass is 16.5. The molecule has 2 heterocycles. The Morgan fingerprint density at radius 3 is 2.79 bits per heavy atom. The van der Waals surface area contributed by atoms with Crippen LogP contribution in [0.5, 0.6) is 0 Å². The van der Waals surface area contributed by atoms with Gasteiger partial charge in [-0.05, 0) is 18.9 Å². The topological polar surface area (TPSA) is 62.9 Å². The van der Waals surface area contributed by atoms with Gasteiger partial charge in [-0.3, -0.25) is 0 Å². The van der Waals surface area contributed by atoms with Gasteiger partial charge in [0.1, 0.15) is 12.3 Å². The molecular formula is C23H34N4O2. The van der Waals surface area contributed by atoms with Gasteiger partial charge in [-0.1, -0.05) is 51.1 Å². The smallest absolute Gasteiger partial charge is 0.216 e. The van der Waals surface area contributed by atoms with Crippen molar-refractivity contribution in [3.05, 3.63) is 53.7 Å². The molecular weight excluding hydrogens is 364 g/mol. The van der Waals surface area contributed by atoms with Crippen molar-refractivity contribution in [1.29, 1.82) is 0 Å². The summed E-state index contributed by atoms with van der Waals surface area (Å²) >= 11 is 0. The van der Waals surface area contributed by atoms with Crippen molar-refractivity contribution in [2.75, 3.05) is 26.2 Å². The summed E-state index contributed by atoms with van der Waals surface area (Å²) in [5.74, 6) is 3.00. The van der Waals surface area contributed by atoms with Gasteiger partial charge in [-0.25, -0.2) is 9.98 Å². The van der Waals surface area contributed by atoms with E-state index in [-0.39, 0.29) is 5.41 Å². The van der Waals surface area contributed by atoms with E-state index in [9.17, 15) is 0 Å². The minimum atomic E-state index is -0.0403. The van der Waals surface area contributed by atoms with Gasteiger partial charge < -0.3 is 19.4 Å². The van der Waals surface area contributed by atoms with Gasteiger partial charge in [0.25, 0.3) is 0 Å². The van der Waals surface area contributed by atoms with Crippen molar-refractivity contribution in [3.63, 3.8) is 0 Å². The molecule has 1 aromatic carbocycles. The lowest BCUT2D eigenvalue weighted by molar-refractivity contribution is 0.0906. The van der Waals surface area contributed by atoms with Crippen LogP contribution in [-0.2, 0) is 23.3 Å². The van der Waals surface area contributed by atoms with Crippen LogP contribution in [0, 0.1) is 5.92 Å². The van der Waals surface area contributed by atoms with E-state index >= 15 is 0 Å². The largest absolute Gasteiger partial charge is 0.443 e. The predicted octanol–water partition coefficient (Wildman–Crippen LogP) is 3.98. The van der Waals surface area contributed by atoms with E-state index < -0.39 is 0 Å². The number of likely N-dealkylation sites (tertiary alicyclic amines) is 1. The monoisotopic (exact) mass is 398 g/mol. The maximum atomic E-state index is 5.94. The Morgan fingerprint density at radius 1 is 1.31 bits per heavy atom. The highest BCUT2D eigenvalue weighted by molar-refractivity contribution is 5.80. The second-order valence-corrected chi connectivity index (χ2v) is 8.64. The molecule has 0 bridgehead atoms. The Kier molecular flexibility index (Phi) is 7.31. The predicted molar refractivity (Wildman–Crippen MR) is 116 cm³/mol. The van der Waals surface area contributed by atoms with Crippen LogP contribution in [0.4, 0.5) is 0 Å². The Labute approximate surface area is 174 Å². The standard InChI is InChI=1S/C23H34N4O2/c1-5-24-22(26-14-21-25-13-20(29-21)23(2,3)4)27-12-11-19(15-27)17-28-16-18-9-7-6-8-10-18/h6-10,13,19H,5,11-12,14-17H2,1-4H3,(H,24,26). The quantitative estimate of drug-likeness (QED) is 0.565. The molecule has 6 heteroatoms. The van der Waals surface area contributed by atoms with E-state index in [1.165, 1.54) is 5.56 Å². The molecule has 1 saturated heterocycles. The summed E-state index contributed by atoms with van der Waals surface area (Å²) in [4.78, 5) is 11.5. The third-order valence-corrected chi connectivity index (χ3v) is 5.04. The molecule has 1 aromatic heterocycles. The van der Waals surface area contributed by atoms with Crippen molar-refractivity contribution in [2.45, 2.75) is 52.7 Å². The first-order valence-electron chi connectivity index (χ1n) is 10.6. The lowest BCUT2D eigenvalue weighted by Crippen LogP contribution is -2.40. The molecule has 0 aliphatic carbocycles. The molecule has 6 nitrogen and oxygen atoms in total. The number of oxazole rings is 1. The molecule has 158 valence electrons. The minimum absolute atomic E-state index is 0.0403. The summed E-state index contributed by atoms with van der Waals surface area (Å²) in [6, 6.07) is 10.3. The highest BCUT2D eigenvalue weighted by Crippen LogP contribution is 2.23. The molecule has 29 heavy (non-hydrogen) atoms. The number of benzene rings is 1. The lowest BCUT2D eigenvalue weighted by atomic mass is 9.94. The first kappa shape index (κ1) is 21.4. The van der Waals surface area contributed by atoms with Crippen LogP contribution in [0.15, 0.2) is 45.9 Å². The summed E-state index contributed by atoms with van der Waals surface area (Å²) in [6.07, 6.45) is 2.93. The molecule has 1 N–H and O–H groups in total. The number of ether oxygens (including phenoxy) is 1. The van der Waals surface area contributed by atoms with Crippen LogP contribution < -0.4 is 5.32 Å². The van der Waals surface area contributed by atoms with Crippen molar-refractivity contribution >= 4 is 5.96 Å². The number of aliphatic imine (C=N–C) groups is 1. The van der Waals surface area contributed by atoms with Gasteiger partial charge >= 0.3 is 0 Å². The molecule has 0 spiro atoms. The summed E-state index contributed by atoms with van der Waals surface area (Å²) < 4.78 is 11.8. The molecule has 0 radical (unpaired) electrons. The second-order valence-electron chi connectivity index (χ2n) is 8.64. The number of hydrogen-bond acceptors (Lipinski definition) is 4. The van der Waals surface area contributed by atoms with E-state index in [1.54, 1.807) is 0 Å². The summed E-state index contributed by atoms with van der Waals surface area (Å²) in [5.41, 5.74) is 1.18. The summed E-state index contributed by atoms with van der Waals surface area (Å²) in [6.45, 7) is 13.1. The Morgan fingerprint density at radius 2 is 2.10 bits per heavy atom. The SMILES string of the molecule is CCNC(=NCc1ncc(C(C)(C)C)o1)N1CCC(COCc2ccccc2)C1. The number of aromatic nitrogens is 1.